The van der Waals surface area contributed by atoms with Crippen molar-refractivity contribution < 1.29 is 28.6 Å². The lowest BCUT2D eigenvalue weighted by Crippen LogP contribution is -2.30. The van der Waals surface area contributed by atoms with Gasteiger partial charge in [-0.1, -0.05) is 275 Å². The number of carbonyl (C=O) groups is 3. The molecule has 6 nitrogen and oxygen atoms in total. The summed E-state index contributed by atoms with van der Waals surface area (Å²) in [5.41, 5.74) is 0. The Morgan fingerprint density at radius 2 is 0.507 bits per heavy atom. The Bertz CT molecular complexity index is 1230. The molecule has 0 rings (SSSR count). The molecule has 0 saturated carbocycles. The molecule has 0 aromatic carbocycles. The molecule has 0 bridgehead atoms. The van der Waals surface area contributed by atoms with Crippen LogP contribution in [0.4, 0.5) is 0 Å². The Morgan fingerprint density at radius 1 is 0.282 bits per heavy atom. The Labute approximate surface area is 441 Å². The second kappa shape index (κ2) is 59.9. The van der Waals surface area contributed by atoms with Crippen LogP contribution in [0.5, 0.6) is 0 Å². The average Bonchev–Trinajstić information content (AvgIpc) is 3.37. The van der Waals surface area contributed by atoms with Crippen molar-refractivity contribution >= 4 is 17.9 Å². The SMILES string of the molecule is CCCCC/C=C\C/C=C\CCCCCCCCCC(=O)OC(COC(=O)CCCCCCCCC)COC(=O)CCCCCCCCCCCCCCCCCCC/C=C\C/C=C\CCCCCCC. The maximum absolute atomic E-state index is 12.8. The van der Waals surface area contributed by atoms with Crippen LogP contribution in [0.3, 0.4) is 0 Å². The topological polar surface area (TPSA) is 78.9 Å². The van der Waals surface area contributed by atoms with Crippen molar-refractivity contribution in [1.82, 2.24) is 0 Å². The molecule has 0 saturated heterocycles. The third-order valence-electron chi connectivity index (χ3n) is 13.8. The molecule has 0 aliphatic heterocycles. The number of allylic oxidation sites excluding steroid dienone is 8. The van der Waals surface area contributed by atoms with Gasteiger partial charge in [0.05, 0.1) is 0 Å². The molecule has 0 aliphatic rings. The van der Waals surface area contributed by atoms with Crippen molar-refractivity contribution in [2.45, 2.75) is 335 Å². The Balaban J connectivity index is 4.05. The Morgan fingerprint density at radius 3 is 0.803 bits per heavy atom. The first-order chi connectivity index (χ1) is 35.0. The summed E-state index contributed by atoms with van der Waals surface area (Å²) in [7, 11) is 0. The molecule has 71 heavy (non-hydrogen) atoms. The van der Waals surface area contributed by atoms with Crippen LogP contribution in [0, 0.1) is 0 Å². The lowest BCUT2D eigenvalue weighted by Gasteiger charge is -2.18. The van der Waals surface area contributed by atoms with Crippen molar-refractivity contribution in [2.24, 2.45) is 0 Å². The van der Waals surface area contributed by atoms with E-state index in [0.29, 0.717) is 19.3 Å². The van der Waals surface area contributed by atoms with Crippen LogP contribution in [0.2, 0.25) is 0 Å². The minimum atomic E-state index is -0.773. The summed E-state index contributed by atoms with van der Waals surface area (Å²) in [4.78, 5) is 38.0. The molecule has 1 unspecified atom stereocenters. The number of ether oxygens (including phenoxy) is 3. The first-order valence-corrected chi connectivity index (χ1v) is 31.1. The van der Waals surface area contributed by atoms with Gasteiger partial charge in [-0.15, -0.1) is 0 Å². The smallest absolute Gasteiger partial charge is 0.306 e. The molecule has 0 heterocycles. The third-order valence-corrected chi connectivity index (χ3v) is 13.8. The zero-order chi connectivity index (χ0) is 51.4. The van der Waals surface area contributed by atoms with Gasteiger partial charge in [0.25, 0.3) is 0 Å². The summed E-state index contributed by atoms with van der Waals surface area (Å²) < 4.78 is 16.8. The van der Waals surface area contributed by atoms with Crippen LogP contribution >= 0.6 is 0 Å². The monoisotopic (exact) mass is 995 g/mol. The van der Waals surface area contributed by atoms with E-state index >= 15 is 0 Å². The molecular weight excluding hydrogens is 877 g/mol. The molecular formula is C65H118O6. The molecule has 0 radical (unpaired) electrons. The second-order valence-electron chi connectivity index (χ2n) is 21.0. The molecule has 0 aromatic heterocycles. The van der Waals surface area contributed by atoms with E-state index in [2.05, 4.69) is 69.4 Å². The van der Waals surface area contributed by atoms with Gasteiger partial charge in [0, 0.05) is 19.3 Å². The van der Waals surface area contributed by atoms with E-state index in [4.69, 9.17) is 14.2 Å². The number of carbonyl (C=O) groups excluding carboxylic acids is 3. The van der Waals surface area contributed by atoms with Crippen LogP contribution in [-0.4, -0.2) is 37.2 Å². The highest BCUT2D eigenvalue weighted by molar-refractivity contribution is 5.71. The van der Waals surface area contributed by atoms with Gasteiger partial charge in [-0.3, -0.25) is 14.4 Å². The highest BCUT2D eigenvalue weighted by Gasteiger charge is 2.19. The van der Waals surface area contributed by atoms with Crippen LogP contribution in [0.25, 0.3) is 0 Å². The van der Waals surface area contributed by atoms with E-state index in [0.717, 1.165) is 77.0 Å². The third kappa shape index (κ3) is 58.1. The largest absolute Gasteiger partial charge is 0.462 e. The second-order valence-corrected chi connectivity index (χ2v) is 21.0. The van der Waals surface area contributed by atoms with Crippen LogP contribution in [0.15, 0.2) is 48.6 Å². The Hall–Kier alpha value is -2.63. The van der Waals surface area contributed by atoms with E-state index in [-0.39, 0.29) is 31.1 Å². The Kier molecular flexibility index (Phi) is 57.7. The van der Waals surface area contributed by atoms with Crippen LogP contribution in [0.1, 0.15) is 329 Å². The van der Waals surface area contributed by atoms with Crippen molar-refractivity contribution in [3.63, 3.8) is 0 Å². The fourth-order valence-corrected chi connectivity index (χ4v) is 9.09. The standard InChI is InChI=1S/C65H118O6/c1-4-7-10-13-16-18-20-22-24-26-27-28-29-30-31-32-33-34-35-36-37-39-40-42-44-46-49-52-55-58-64(67)70-61-62(60-69-63(66)57-54-51-48-15-12-9-6-3)71-65(68)59-56-53-50-47-45-43-41-38-25-23-21-19-17-14-11-8-5-2/h17,19-20,22-23,25-27,62H,4-16,18,21,24,28-61H2,1-3H3/b19-17-,22-20-,25-23-,27-26-. The summed E-state index contributed by atoms with van der Waals surface area (Å²) >= 11 is 0. The van der Waals surface area contributed by atoms with Gasteiger partial charge in [0.15, 0.2) is 6.10 Å². The van der Waals surface area contributed by atoms with E-state index < -0.39 is 6.10 Å². The van der Waals surface area contributed by atoms with E-state index in [9.17, 15) is 14.4 Å². The zero-order valence-electron chi connectivity index (χ0n) is 47.5. The normalized spacial score (nSPS) is 12.3. The summed E-state index contributed by atoms with van der Waals surface area (Å²) in [6.45, 7) is 6.59. The van der Waals surface area contributed by atoms with Crippen molar-refractivity contribution in [2.75, 3.05) is 13.2 Å². The molecule has 0 spiro atoms. The van der Waals surface area contributed by atoms with Gasteiger partial charge < -0.3 is 14.2 Å². The quantitative estimate of drug-likeness (QED) is 0.0261. The minimum Gasteiger partial charge on any atom is -0.462 e. The lowest BCUT2D eigenvalue weighted by atomic mass is 10.0. The predicted molar refractivity (Wildman–Crippen MR) is 307 cm³/mol. The summed E-state index contributed by atoms with van der Waals surface area (Å²) in [6, 6.07) is 0. The first-order valence-electron chi connectivity index (χ1n) is 31.1. The molecule has 0 fully saturated rings. The van der Waals surface area contributed by atoms with E-state index in [1.54, 1.807) is 0 Å². The van der Waals surface area contributed by atoms with Gasteiger partial charge in [-0.05, 0) is 83.5 Å². The maximum Gasteiger partial charge on any atom is 0.306 e. The number of hydrogen-bond acceptors (Lipinski definition) is 6. The zero-order valence-corrected chi connectivity index (χ0v) is 47.5. The molecule has 1 atom stereocenters. The van der Waals surface area contributed by atoms with Gasteiger partial charge in [0.1, 0.15) is 13.2 Å². The number of rotatable bonds is 57. The fourth-order valence-electron chi connectivity index (χ4n) is 9.09. The molecule has 0 aliphatic carbocycles. The number of esters is 3. The van der Waals surface area contributed by atoms with Gasteiger partial charge >= 0.3 is 17.9 Å². The van der Waals surface area contributed by atoms with Crippen LogP contribution < -0.4 is 0 Å². The van der Waals surface area contributed by atoms with Crippen molar-refractivity contribution in [3.05, 3.63) is 48.6 Å². The maximum atomic E-state index is 12.8. The minimum absolute atomic E-state index is 0.0729. The fraction of sp³-hybridized carbons (Fsp3) is 0.831. The number of unbranched alkanes of at least 4 members (excludes halogenated alkanes) is 38. The molecule has 0 N–H and O–H groups in total. The molecule has 0 aromatic rings. The summed E-state index contributed by atoms with van der Waals surface area (Å²) in [5, 5.41) is 0. The molecule has 6 heteroatoms. The van der Waals surface area contributed by atoms with Crippen molar-refractivity contribution in [3.8, 4) is 0 Å². The number of hydrogen-bond donors (Lipinski definition) is 0. The highest BCUT2D eigenvalue weighted by atomic mass is 16.6. The average molecular weight is 996 g/mol. The first kappa shape index (κ1) is 68.4. The summed E-state index contributed by atoms with van der Waals surface area (Å²) in [6.07, 6.45) is 74.3. The summed E-state index contributed by atoms with van der Waals surface area (Å²) in [5.74, 6) is -0.872. The molecule has 0 amide bonds. The van der Waals surface area contributed by atoms with E-state index in [1.807, 2.05) is 0 Å². The van der Waals surface area contributed by atoms with E-state index in [1.165, 1.54) is 212 Å². The molecule has 414 valence electrons. The highest BCUT2D eigenvalue weighted by Crippen LogP contribution is 2.17. The predicted octanol–water partition coefficient (Wildman–Crippen LogP) is 21.0. The van der Waals surface area contributed by atoms with Gasteiger partial charge in [0.2, 0.25) is 0 Å². The van der Waals surface area contributed by atoms with Crippen molar-refractivity contribution in [1.29, 1.82) is 0 Å². The lowest BCUT2D eigenvalue weighted by molar-refractivity contribution is -0.167. The van der Waals surface area contributed by atoms with Crippen LogP contribution in [-0.2, 0) is 28.6 Å². The van der Waals surface area contributed by atoms with Gasteiger partial charge in [-0.2, -0.15) is 0 Å². The van der Waals surface area contributed by atoms with Gasteiger partial charge in [-0.25, -0.2) is 0 Å².